The van der Waals surface area contributed by atoms with Crippen LogP contribution in [0.3, 0.4) is 0 Å². The minimum Gasteiger partial charge on any atom is -0.496 e. The van der Waals surface area contributed by atoms with Gasteiger partial charge in [-0.05, 0) is 54.3 Å². The summed E-state index contributed by atoms with van der Waals surface area (Å²) in [6, 6.07) is 19.7. The Balaban J connectivity index is 1.58. The second kappa shape index (κ2) is 9.55. The lowest BCUT2D eigenvalue weighted by Gasteiger charge is -2.10. The monoisotopic (exact) mass is 375 g/mol. The van der Waals surface area contributed by atoms with Crippen LogP contribution in [0.25, 0.3) is 0 Å². The van der Waals surface area contributed by atoms with Gasteiger partial charge in [0, 0.05) is 24.1 Å². The number of aromatic nitrogens is 1. The molecule has 5 nitrogen and oxygen atoms in total. The second-order valence-electron chi connectivity index (χ2n) is 6.42. The number of anilines is 2. The van der Waals surface area contributed by atoms with Gasteiger partial charge in [-0.15, -0.1) is 0 Å². The van der Waals surface area contributed by atoms with E-state index in [9.17, 15) is 4.79 Å². The van der Waals surface area contributed by atoms with Gasteiger partial charge in [0.2, 0.25) is 0 Å². The van der Waals surface area contributed by atoms with Crippen molar-refractivity contribution < 1.29 is 9.53 Å². The zero-order valence-corrected chi connectivity index (χ0v) is 16.2. The standard InChI is InChI=1S/C23H25N3O2/c1-3-17-8-10-19(11-9-17)26-20-13-15-24-21(16-20)23(27)25-14-12-18-6-4-5-7-22(18)28-2/h4-11,13,15-16H,3,12,14H2,1-2H3,(H,24,26)(H,25,27). The summed E-state index contributed by atoms with van der Waals surface area (Å²) in [6.45, 7) is 2.64. The molecule has 0 saturated carbocycles. The largest absolute Gasteiger partial charge is 0.496 e. The summed E-state index contributed by atoms with van der Waals surface area (Å²) in [6.07, 6.45) is 3.34. The summed E-state index contributed by atoms with van der Waals surface area (Å²) in [7, 11) is 1.65. The van der Waals surface area contributed by atoms with Crippen LogP contribution in [-0.2, 0) is 12.8 Å². The maximum Gasteiger partial charge on any atom is 0.269 e. The van der Waals surface area contributed by atoms with Crippen molar-refractivity contribution in [1.82, 2.24) is 10.3 Å². The van der Waals surface area contributed by atoms with E-state index < -0.39 is 0 Å². The Morgan fingerprint density at radius 3 is 2.57 bits per heavy atom. The predicted molar refractivity (Wildman–Crippen MR) is 112 cm³/mol. The number of rotatable bonds is 8. The minimum absolute atomic E-state index is 0.195. The zero-order valence-electron chi connectivity index (χ0n) is 16.2. The molecule has 2 N–H and O–H groups in total. The number of pyridine rings is 1. The Hall–Kier alpha value is -3.34. The molecule has 2 aromatic carbocycles. The SMILES string of the molecule is CCc1ccc(Nc2ccnc(C(=O)NCCc3ccccc3OC)c2)cc1. The number of nitrogens with one attached hydrogen (secondary N) is 2. The van der Waals surface area contributed by atoms with Crippen molar-refractivity contribution in [2.24, 2.45) is 0 Å². The smallest absolute Gasteiger partial charge is 0.269 e. The average Bonchev–Trinajstić information content (AvgIpc) is 2.74. The van der Waals surface area contributed by atoms with Gasteiger partial charge in [0.1, 0.15) is 11.4 Å². The van der Waals surface area contributed by atoms with Crippen LogP contribution in [0.2, 0.25) is 0 Å². The molecule has 0 aliphatic rings. The quantitative estimate of drug-likeness (QED) is 0.614. The lowest BCUT2D eigenvalue weighted by atomic mass is 10.1. The van der Waals surface area contributed by atoms with Gasteiger partial charge in [0.15, 0.2) is 0 Å². The number of carbonyl (C=O) groups is 1. The highest BCUT2D eigenvalue weighted by molar-refractivity contribution is 5.93. The topological polar surface area (TPSA) is 63.2 Å². The Morgan fingerprint density at radius 2 is 1.82 bits per heavy atom. The van der Waals surface area contributed by atoms with Crippen LogP contribution in [0.15, 0.2) is 66.9 Å². The Morgan fingerprint density at radius 1 is 1.04 bits per heavy atom. The summed E-state index contributed by atoms with van der Waals surface area (Å²) >= 11 is 0. The van der Waals surface area contributed by atoms with E-state index in [-0.39, 0.29) is 5.91 Å². The summed E-state index contributed by atoms with van der Waals surface area (Å²) in [5, 5.41) is 6.23. The average molecular weight is 375 g/mol. The maximum atomic E-state index is 12.4. The van der Waals surface area contributed by atoms with Crippen molar-refractivity contribution in [3.63, 3.8) is 0 Å². The fourth-order valence-electron chi connectivity index (χ4n) is 2.93. The molecule has 0 unspecified atom stereocenters. The maximum absolute atomic E-state index is 12.4. The first-order chi connectivity index (χ1) is 13.7. The van der Waals surface area contributed by atoms with Gasteiger partial charge in [0.05, 0.1) is 7.11 Å². The number of hydrogen-bond acceptors (Lipinski definition) is 4. The number of benzene rings is 2. The van der Waals surface area contributed by atoms with Gasteiger partial charge in [-0.3, -0.25) is 9.78 Å². The van der Waals surface area contributed by atoms with Crippen molar-refractivity contribution in [3.05, 3.63) is 83.7 Å². The predicted octanol–water partition coefficient (Wildman–Crippen LogP) is 4.37. The molecule has 144 valence electrons. The molecule has 1 aromatic heterocycles. The normalized spacial score (nSPS) is 10.4. The molecule has 5 heteroatoms. The highest BCUT2D eigenvalue weighted by Crippen LogP contribution is 2.19. The summed E-state index contributed by atoms with van der Waals surface area (Å²) in [5.74, 6) is 0.634. The number of para-hydroxylation sites is 1. The van der Waals surface area contributed by atoms with Crippen LogP contribution in [0.4, 0.5) is 11.4 Å². The molecule has 3 rings (SSSR count). The van der Waals surface area contributed by atoms with Crippen LogP contribution in [0.1, 0.15) is 28.5 Å². The molecule has 0 aliphatic heterocycles. The first-order valence-electron chi connectivity index (χ1n) is 9.41. The molecule has 0 bridgehead atoms. The summed E-state index contributed by atoms with van der Waals surface area (Å²) in [4.78, 5) is 16.6. The number of hydrogen-bond donors (Lipinski definition) is 2. The van der Waals surface area contributed by atoms with Gasteiger partial charge in [0.25, 0.3) is 5.91 Å². The van der Waals surface area contributed by atoms with E-state index in [1.807, 2.05) is 42.5 Å². The molecule has 1 amide bonds. The fraction of sp³-hybridized carbons (Fsp3) is 0.217. The Labute approximate surface area is 165 Å². The molecular formula is C23H25N3O2. The zero-order chi connectivity index (χ0) is 19.8. The highest BCUT2D eigenvalue weighted by Gasteiger charge is 2.09. The van der Waals surface area contributed by atoms with Crippen LogP contribution in [-0.4, -0.2) is 24.5 Å². The van der Waals surface area contributed by atoms with E-state index >= 15 is 0 Å². The highest BCUT2D eigenvalue weighted by atomic mass is 16.5. The van der Waals surface area contributed by atoms with Crippen LogP contribution in [0, 0.1) is 0 Å². The van der Waals surface area contributed by atoms with E-state index in [1.165, 1.54) is 5.56 Å². The number of amides is 1. The molecule has 0 atom stereocenters. The molecule has 28 heavy (non-hydrogen) atoms. The molecule has 3 aromatic rings. The Bertz CT molecular complexity index is 923. The second-order valence-corrected chi connectivity index (χ2v) is 6.42. The number of nitrogens with zero attached hydrogens (tertiary/aromatic N) is 1. The van der Waals surface area contributed by atoms with E-state index in [0.717, 1.165) is 29.1 Å². The lowest BCUT2D eigenvalue weighted by Crippen LogP contribution is -2.26. The number of carbonyl (C=O) groups excluding carboxylic acids is 1. The summed E-state index contributed by atoms with van der Waals surface area (Å²) < 4.78 is 5.34. The summed E-state index contributed by atoms with van der Waals surface area (Å²) in [5.41, 5.74) is 4.54. The first-order valence-corrected chi connectivity index (χ1v) is 9.41. The first kappa shape index (κ1) is 19.4. The lowest BCUT2D eigenvalue weighted by molar-refractivity contribution is 0.0949. The van der Waals surface area contributed by atoms with E-state index in [4.69, 9.17) is 4.74 Å². The number of methoxy groups -OCH3 is 1. The van der Waals surface area contributed by atoms with Gasteiger partial charge in [-0.2, -0.15) is 0 Å². The molecule has 1 heterocycles. The Kier molecular flexibility index (Phi) is 6.63. The molecule has 0 spiro atoms. The van der Waals surface area contributed by atoms with Crippen molar-refractivity contribution in [2.75, 3.05) is 19.0 Å². The third kappa shape index (κ3) is 5.10. The van der Waals surface area contributed by atoms with E-state index in [1.54, 1.807) is 19.4 Å². The van der Waals surface area contributed by atoms with E-state index in [0.29, 0.717) is 18.7 Å². The van der Waals surface area contributed by atoms with Crippen molar-refractivity contribution >= 4 is 17.3 Å². The van der Waals surface area contributed by atoms with E-state index in [2.05, 4.69) is 34.7 Å². The van der Waals surface area contributed by atoms with Crippen molar-refractivity contribution in [2.45, 2.75) is 19.8 Å². The van der Waals surface area contributed by atoms with Crippen LogP contribution in [0.5, 0.6) is 5.75 Å². The van der Waals surface area contributed by atoms with Crippen molar-refractivity contribution in [1.29, 1.82) is 0 Å². The van der Waals surface area contributed by atoms with Gasteiger partial charge in [-0.1, -0.05) is 37.3 Å². The fourth-order valence-corrected chi connectivity index (χ4v) is 2.93. The molecule has 0 fully saturated rings. The van der Waals surface area contributed by atoms with Crippen molar-refractivity contribution in [3.8, 4) is 5.75 Å². The third-order valence-corrected chi connectivity index (χ3v) is 4.52. The molecule has 0 radical (unpaired) electrons. The van der Waals surface area contributed by atoms with Crippen LogP contribution >= 0.6 is 0 Å². The van der Waals surface area contributed by atoms with Gasteiger partial charge in [-0.25, -0.2) is 0 Å². The number of aryl methyl sites for hydroxylation is 1. The van der Waals surface area contributed by atoms with Gasteiger partial charge < -0.3 is 15.4 Å². The van der Waals surface area contributed by atoms with Gasteiger partial charge >= 0.3 is 0 Å². The minimum atomic E-state index is -0.195. The molecular weight excluding hydrogens is 350 g/mol. The molecule has 0 aliphatic carbocycles. The number of ether oxygens (including phenoxy) is 1. The third-order valence-electron chi connectivity index (χ3n) is 4.52. The van der Waals surface area contributed by atoms with Crippen LogP contribution < -0.4 is 15.4 Å². The molecule has 0 saturated heterocycles.